The van der Waals surface area contributed by atoms with E-state index < -0.39 is 0 Å². The summed E-state index contributed by atoms with van der Waals surface area (Å²) >= 11 is 5.35. The molecule has 0 unspecified atom stereocenters. The molecule has 112 valence electrons. The minimum atomic E-state index is 0.634. The first kappa shape index (κ1) is 16.9. The van der Waals surface area contributed by atoms with Crippen LogP contribution in [0.25, 0.3) is 0 Å². The zero-order chi connectivity index (χ0) is 15.1. The van der Waals surface area contributed by atoms with E-state index in [1.54, 1.807) is 4.90 Å². The molecule has 0 aliphatic rings. The Morgan fingerprint density at radius 1 is 1.15 bits per heavy atom. The number of hydrogen-bond donors (Lipinski definition) is 3. The summed E-state index contributed by atoms with van der Waals surface area (Å²) in [6.45, 7) is 13.1. The van der Waals surface area contributed by atoms with Crippen LogP contribution in [0.5, 0.6) is 0 Å². The van der Waals surface area contributed by atoms with E-state index in [1.165, 1.54) is 5.56 Å². The molecule has 1 aromatic rings. The Kier molecular flexibility index (Phi) is 6.96. The molecule has 0 saturated carbocycles. The highest BCUT2D eigenvalue weighted by atomic mass is 32.1. The van der Waals surface area contributed by atoms with Gasteiger partial charge in [0.15, 0.2) is 5.11 Å². The largest absolute Gasteiger partial charge is 0.357 e. The Bertz CT molecular complexity index is 421. The van der Waals surface area contributed by atoms with Crippen molar-refractivity contribution in [1.29, 1.82) is 0 Å². The minimum absolute atomic E-state index is 0.634. The Labute approximate surface area is 128 Å². The highest BCUT2D eigenvalue weighted by Crippen LogP contribution is 2.12. The van der Waals surface area contributed by atoms with Crippen LogP contribution in [0.2, 0.25) is 0 Å². The van der Waals surface area contributed by atoms with E-state index in [0.717, 1.165) is 18.8 Å². The van der Waals surface area contributed by atoms with Crippen molar-refractivity contribution in [3.63, 3.8) is 0 Å². The van der Waals surface area contributed by atoms with Gasteiger partial charge in [-0.2, -0.15) is 0 Å². The van der Waals surface area contributed by atoms with E-state index in [9.17, 15) is 0 Å². The molecule has 20 heavy (non-hydrogen) atoms. The van der Waals surface area contributed by atoms with E-state index in [1.807, 2.05) is 18.2 Å². The summed E-state index contributed by atoms with van der Waals surface area (Å²) in [4.78, 5) is 1.59. The van der Waals surface area contributed by atoms with Crippen LogP contribution in [0.4, 0.5) is 5.69 Å². The zero-order valence-electron chi connectivity index (χ0n) is 13.3. The van der Waals surface area contributed by atoms with Gasteiger partial charge in [-0.05, 0) is 58.5 Å². The van der Waals surface area contributed by atoms with Crippen molar-refractivity contribution < 1.29 is 4.90 Å². The molecule has 1 rings (SSSR count). The third-order valence-corrected chi connectivity index (χ3v) is 3.82. The van der Waals surface area contributed by atoms with Crippen LogP contribution in [0.15, 0.2) is 24.3 Å². The first-order chi connectivity index (χ1) is 9.41. The van der Waals surface area contributed by atoms with E-state index in [4.69, 9.17) is 12.2 Å². The molecule has 0 amide bonds. The summed E-state index contributed by atoms with van der Waals surface area (Å²) in [6, 6.07) is 9.44. The van der Waals surface area contributed by atoms with E-state index in [-0.39, 0.29) is 0 Å². The van der Waals surface area contributed by atoms with Crippen LogP contribution in [-0.2, 0) is 0 Å². The molecule has 0 spiro atoms. The molecule has 3 nitrogen and oxygen atoms in total. The van der Waals surface area contributed by atoms with Gasteiger partial charge in [0.25, 0.3) is 0 Å². The van der Waals surface area contributed by atoms with Crippen LogP contribution in [0.3, 0.4) is 0 Å². The molecule has 0 aliphatic carbocycles. The fourth-order valence-corrected chi connectivity index (χ4v) is 2.66. The SMILES string of the molecule is Cc1ccccc1NC(=S)NCC[NH+](C(C)C)C(C)C. The smallest absolute Gasteiger partial charge is 0.170 e. The van der Waals surface area contributed by atoms with Crippen LogP contribution < -0.4 is 15.5 Å². The highest BCUT2D eigenvalue weighted by Gasteiger charge is 2.16. The van der Waals surface area contributed by atoms with Gasteiger partial charge in [-0.1, -0.05) is 18.2 Å². The second-order valence-electron chi connectivity index (χ2n) is 5.83. The molecular weight excluding hydrogens is 266 g/mol. The topological polar surface area (TPSA) is 28.5 Å². The second-order valence-corrected chi connectivity index (χ2v) is 6.24. The molecule has 3 N–H and O–H groups in total. The van der Waals surface area contributed by atoms with Crippen LogP contribution in [0, 0.1) is 6.92 Å². The number of anilines is 1. The maximum absolute atomic E-state index is 5.35. The Hall–Kier alpha value is -1.13. The van der Waals surface area contributed by atoms with Crippen molar-refractivity contribution in [2.45, 2.75) is 46.7 Å². The lowest BCUT2D eigenvalue weighted by molar-refractivity contribution is -0.941. The van der Waals surface area contributed by atoms with Gasteiger partial charge in [0.1, 0.15) is 0 Å². The standard InChI is InChI=1S/C16H27N3S/c1-12(2)19(13(3)4)11-10-17-16(20)18-15-9-7-6-8-14(15)5/h6-9,12-13H,10-11H2,1-5H3,(H2,17,18,20)/p+1. The average Bonchev–Trinajstić information content (AvgIpc) is 2.36. The van der Waals surface area contributed by atoms with E-state index in [2.05, 4.69) is 51.3 Å². The molecule has 0 aliphatic heterocycles. The lowest BCUT2D eigenvalue weighted by Gasteiger charge is -2.27. The molecule has 1 aromatic carbocycles. The van der Waals surface area contributed by atoms with Crippen molar-refractivity contribution in [3.8, 4) is 0 Å². The van der Waals surface area contributed by atoms with Crippen LogP contribution >= 0.6 is 12.2 Å². The van der Waals surface area contributed by atoms with Gasteiger partial charge in [-0.15, -0.1) is 0 Å². The molecule has 0 heterocycles. The van der Waals surface area contributed by atoms with Gasteiger partial charge in [-0.3, -0.25) is 0 Å². The third-order valence-electron chi connectivity index (χ3n) is 3.58. The number of nitrogens with one attached hydrogen (secondary N) is 3. The monoisotopic (exact) mass is 294 g/mol. The highest BCUT2D eigenvalue weighted by molar-refractivity contribution is 7.80. The molecule has 0 saturated heterocycles. The van der Waals surface area contributed by atoms with Crippen LogP contribution in [0.1, 0.15) is 33.3 Å². The van der Waals surface area contributed by atoms with Gasteiger partial charge in [-0.25, -0.2) is 0 Å². The normalized spacial score (nSPS) is 11.2. The first-order valence-corrected chi connectivity index (χ1v) is 7.78. The fourth-order valence-electron chi connectivity index (χ4n) is 2.44. The number of rotatable bonds is 6. The van der Waals surface area contributed by atoms with Gasteiger partial charge in [0.2, 0.25) is 0 Å². The summed E-state index contributed by atoms with van der Waals surface area (Å²) in [6.07, 6.45) is 0. The Morgan fingerprint density at radius 3 is 2.30 bits per heavy atom. The maximum Gasteiger partial charge on any atom is 0.170 e. The fraction of sp³-hybridized carbons (Fsp3) is 0.562. The quantitative estimate of drug-likeness (QED) is 0.701. The van der Waals surface area contributed by atoms with Gasteiger partial charge in [0, 0.05) is 5.69 Å². The van der Waals surface area contributed by atoms with Crippen molar-refractivity contribution in [3.05, 3.63) is 29.8 Å². The molecule has 0 aromatic heterocycles. The number of hydrogen-bond acceptors (Lipinski definition) is 1. The van der Waals surface area contributed by atoms with E-state index in [0.29, 0.717) is 17.2 Å². The van der Waals surface area contributed by atoms with Crippen LogP contribution in [-0.4, -0.2) is 30.3 Å². The maximum atomic E-state index is 5.35. The predicted molar refractivity (Wildman–Crippen MR) is 91.5 cm³/mol. The number of benzene rings is 1. The van der Waals surface area contributed by atoms with Crippen molar-refractivity contribution in [2.24, 2.45) is 0 Å². The third kappa shape index (κ3) is 5.47. The summed E-state index contributed by atoms with van der Waals surface area (Å²) < 4.78 is 0. The Balaban J connectivity index is 2.39. The Morgan fingerprint density at radius 2 is 1.75 bits per heavy atom. The van der Waals surface area contributed by atoms with Crippen molar-refractivity contribution >= 4 is 23.0 Å². The molecular formula is C16H28N3S+. The molecule has 4 heteroatoms. The molecule has 0 bridgehead atoms. The molecule has 0 atom stereocenters. The zero-order valence-corrected chi connectivity index (χ0v) is 14.1. The average molecular weight is 294 g/mol. The lowest BCUT2D eigenvalue weighted by atomic mass is 10.2. The second kappa shape index (κ2) is 8.22. The number of quaternary nitrogens is 1. The minimum Gasteiger partial charge on any atom is -0.357 e. The summed E-state index contributed by atoms with van der Waals surface area (Å²) in [7, 11) is 0. The van der Waals surface area contributed by atoms with E-state index >= 15 is 0 Å². The summed E-state index contributed by atoms with van der Waals surface area (Å²) in [5.41, 5.74) is 2.27. The number of para-hydroxylation sites is 1. The van der Waals surface area contributed by atoms with Gasteiger partial charge in [0.05, 0.1) is 25.2 Å². The molecule has 0 radical (unpaired) electrons. The van der Waals surface area contributed by atoms with Gasteiger partial charge >= 0.3 is 0 Å². The number of thiocarbonyl (C=S) groups is 1. The first-order valence-electron chi connectivity index (χ1n) is 7.38. The predicted octanol–water partition coefficient (Wildman–Crippen LogP) is 1.98. The van der Waals surface area contributed by atoms with Gasteiger partial charge < -0.3 is 15.5 Å². The lowest BCUT2D eigenvalue weighted by Crippen LogP contribution is -3.18. The summed E-state index contributed by atoms with van der Waals surface area (Å²) in [5.74, 6) is 0. The number of aryl methyl sites for hydroxylation is 1. The van der Waals surface area contributed by atoms with Crippen molar-refractivity contribution in [1.82, 2.24) is 5.32 Å². The summed E-state index contributed by atoms with van der Waals surface area (Å²) in [5, 5.41) is 7.25. The molecule has 0 fully saturated rings. The van der Waals surface area contributed by atoms with Crippen molar-refractivity contribution in [2.75, 3.05) is 18.4 Å².